The molecule has 5 heteroatoms. The molecular weight excluding hydrogens is 356 g/mol. The molecule has 0 amide bonds. The molecule has 0 bridgehead atoms. The van der Waals surface area contributed by atoms with Crippen molar-refractivity contribution in [3.8, 4) is 0 Å². The van der Waals surface area contributed by atoms with Crippen LogP contribution in [0.25, 0.3) is 0 Å². The Morgan fingerprint density at radius 2 is 1.54 bits per heavy atom. The Kier molecular flexibility index (Phi) is 4.86. The summed E-state index contributed by atoms with van der Waals surface area (Å²) in [6.45, 7) is 7.58. The minimum atomic E-state index is -0.218. The minimum Gasteiger partial charge on any atom is -0.463 e. The zero-order valence-corrected chi connectivity index (χ0v) is 17.7. The lowest BCUT2D eigenvalue weighted by atomic mass is 9.45. The van der Waals surface area contributed by atoms with Crippen molar-refractivity contribution in [3.05, 3.63) is 0 Å². The van der Waals surface area contributed by atoms with Crippen molar-refractivity contribution in [2.75, 3.05) is 0 Å². The molecule has 0 aromatic rings. The average Bonchev–Trinajstić information content (AvgIpc) is 2.92. The molecular formula is C23H34O5. The first kappa shape index (κ1) is 19.9. The first-order valence-electron chi connectivity index (χ1n) is 11.0. The average molecular weight is 391 g/mol. The minimum absolute atomic E-state index is 0.0337. The van der Waals surface area contributed by atoms with Gasteiger partial charge in [0.1, 0.15) is 18.0 Å². The third-order valence-electron chi connectivity index (χ3n) is 8.98. The van der Waals surface area contributed by atoms with Crippen LogP contribution in [-0.2, 0) is 23.9 Å². The molecule has 0 aliphatic heterocycles. The van der Waals surface area contributed by atoms with Crippen molar-refractivity contribution >= 4 is 17.7 Å². The van der Waals surface area contributed by atoms with E-state index in [0.29, 0.717) is 30.0 Å². The molecule has 0 N–H and O–H groups in total. The molecule has 4 saturated carbocycles. The quantitative estimate of drug-likeness (QED) is 0.665. The van der Waals surface area contributed by atoms with Crippen LogP contribution >= 0.6 is 0 Å². The Bertz CT molecular complexity index is 686. The summed E-state index contributed by atoms with van der Waals surface area (Å²) in [5.41, 5.74) is 0.0801. The molecule has 0 radical (unpaired) electrons. The standard InChI is InChI=1S/C23H34O5/c1-13(24)27-16-7-9-22(3)15(11-16)12-19(26)21-17-5-6-20(28-14(2)25)23(17,4)10-8-18(21)22/h15-18,20-21H,5-12H2,1-4H3/t15-,16+,17+,18+,20-,21-,22-,23-/m0/s1. The van der Waals surface area contributed by atoms with E-state index >= 15 is 0 Å². The lowest BCUT2D eigenvalue weighted by molar-refractivity contribution is -0.173. The highest BCUT2D eigenvalue weighted by atomic mass is 16.5. The number of Topliss-reactive ketones (excluding diaryl/α,β-unsaturated/α-hetero) is 1. The van der Waals surface area contributed by atoms with E-state index in [1.807, 2.05) is 0 Å². The SMILES string of the molecule is CC(=O)O[C@@H]1CC[C@@]2(C)[C@H](CC(=O)[C@@H]3[C@H]2CC[C@]2(C)[C@@H](OC(C)=O)CC[C@H]32)C1. The maximum Gasteiger partial charge on any atom is 0.302 e. The molecule has 4 aliphatic rings. The first-order valence-corrected chi connectivity index (χ1v) is 11.0. The van der Waals surface area contributed by atoms with E-state index in [1.54, 1.807) is 0 Å². The molecule has 0 saturated heterocycles. The van der Waals surface area contributed by atoms with Crippen molar-refractivity contribution in [2.24, 2.45) is 34.5 Å². The zero-order chi connectivity index (χ0) is 20.3. The lowest BCUT2D eigenvalue weighted by Crippen LogP contribution is -2.58. The van der Waals surface area contributed by atoms with Gasteiger partial charge < -0.3 is 9.47 Å². The smallest absolute Gasteiger partial charge is 0.302 e. The molecule has 0 spiro atoms. The van der Waals surface area contributed by atoms with Gasteiger partial charge in [-0.3, -0.25) is 14.4 Å². The second-order valence-corrected chi connectivity index (χ2v) is 10.3. The van der Waals surface area contributed by atoms with Crippen molar-refractivity contribution in [1.29, 1.82) is 0 Å². The Labute approximate surface area is 167 Å². The number of hydrogen-bond acceptors (Lipinski definition) is 5. The molecule has 8 atom stereocenters. The fraction of sp³-hybridized carbons (Fsp3) is 0.870. The lowest BCUT2D eigenvalue weighted by Gasteiger charge is -2.59. The number of esters is 2. The maximum atomic E-state index is 13.4. The van der Waals surface area contributed by atoms with Gasteiger partial charge in [0.2, 0.25) is 0 Å². The summed E-state index contributed by atoms with van der Waals surface area (Å²) in [5, 5.41) is 0. The second-order valence-electron chi connectivity index (χ2n) is 10.3. The summed E-state index contributed by atoms with van der Waals surface area (Å²) in [5.74, 6) is 1.12. The van der Waals surface area contributed by atoms with E-state index < -0.39 is 0 Å². The third kappa shape index (κ3) is 3.00. The van der Waals surface area contributed by atoms with Gasteiger partial charge in [0, 0.05) is 31.6 Å². The van der Waals surface area contributed by atoms with Crippen molar-refractivity contribution in [2.45, 2.75) is 91.3 Å². The molecule has 0 heterocycles. The van der Waals surface area contributed by atoms with E-state index in [-0.39, 0.29) is 40.9 Å². The zero-order valence-electron chi connectivity index (χ0n) is 17.7. The molecule has 156 valence electrons. The summed E-state index contributed by atoms with van der Waals surface area (Å²) in [4.78, 5) is 36.3. The molecule has 0 unspecified atom stereocenters. The first-order chi connectivity index (χ1) is 13.1. The van der Waals surface area contributed by atoms with Crippen LogP contribution in [0, 0.1) is 34.5 Å². The van der Waals surface area contributed by atoms with Crippen LogP contribution in [0.15, 0.2) is 0 Å². The third-order valence-corrected chi connectivity index (χ3v) is 8.98. The number of ether oxygens (including phenoxy) is 2. The van der Waals surface area contributed by atoms with Crippen LogP contribution in [0.2, 0.25) is 0 Å². The monoisotopic (exact) mass is 390 g/mol. The fourth-order valence-electron chi connectivity index (χ4n) is 7.58. The molecule has 28 heavy (non-hydrogen) atoms. The highest BCUT2D eigenvalue weighted by Crippen LogP contribution is 2.65. The fourth-order valence-corrected chi connectivity index (χ4v) is 7.58. The molecule has 5 nitrogen and oxygen atoms in total. The molecule has 4 aliphatic carbocycles. The predicted molar refractivity (Wildman–Crippen MR) is 103 cm³/mol. The Balaban J connectivity index is 1.57. The number of ketones is 1. The van der Waals surface area contributed by atoms with Crippen LogP contribution < -0.4 is 0 Å². The van der Waals surface area contributed by atoms with Crippen LogP contribution in [0.4, 0.5) is 0 Å². The van der Waals surface area contributed by atoms with E-state index in [4.69, 9.17) is 9.47 Å². The van der Waals surface area contributed by atoms with Gasteiger partial charge in [0.05, 0.1) is 0 Å². The molecule has 0 aromatic carbocycles. The number of carbonyl (C=O) groups excluding carboxylic acids is 3. The topological polar surface area (TPSA) is 69.7 Å². The molecule has 4 fully saturated rings. The normalized spacial score (nSPS) is 47.5. The highest BCUT2D eigenvalue weighted by molar-refractivity contribution is 5.83. The number of rotatable bonds is 2. The Hall–Kier alpha value is -1.39. The summed E-state index contributed by atoms with van der Waals surface area (Å²) in [6.07, 6.45) is 7.21. The number of fused-ring (bicyclic) bond motifs is 5. The van der Waals surface area contributed by atoms with Crippen molar-refractivity contribution in [3.63, 3.8) is 0 Å². The van der Waals surface area contributed by atoms with Gasteiger partial charge in [-0.05, 0) is 68.1 Å². The number of hydrogen-bond donors (Lipinski definition) is 0. The molecule has 0 aromatic heterocycles. The van der Waals surface area contributed by atoms with Crippen LogP contribution in [0.1, 0.15) is 79.1 Å². The Morgan fingerprint density at radius 1 is 0.893 bits per heavy atom. The summed E-state index contributed by atoms with van der Waals surface area (Å²) < 4.78 is 11.2. The molecule has 4 rings (SSSR count). The van der Waals surface area contributed by atoms with E-state index in [2.05, 4.69) is 13.8 Å². The number of carbonyl (C=O) groups is 3. The summed E-state index contributed by atoms with van der Waals surface area (Å²) >= 11 is 0. The van der Waals surface area contributed by atoms with Gasteiger partial charge in [-0.1, -0.05) is 13.8 Å². The van der Waals surface area contributed by atoms with E-state index in [9.17, 15) is 14.4 Å². The summed E-state index contributed by atoms with van der Waals surface area (Å²) in [7, 11) is 0. The van der Waals surface area contributed by atoms with Gasteiger partial charge in [-0.2, -0.15) is 0 Å². The van der Waals surface area contributed by atoms with E-state index in [1.165, 1.54) is 13.8 Å². The van der Waals surface area contributed by atoms with Crippen LogP contribution in [0.3, 0.4) is 0 Å². The van der Waals surface area contributed by atoms with Crippen LogP contribution in [0.5, 0.6) is 0 Å². The van der Waals surface area contributed by atoms with Gasteiger partial charge in [-0.25, -0.2) is 0 Å². The largest absolute Gasteiger partial charge is 0.463 e. The Morgan fingerprint density at radius 3 is 2.21 bits per heavy atom. The van der Waals surface area contributed by atoms with E-state index in [0.717, 1.165) is 44.9 Å². The van der Waals surface area contributed by atoms with Crippen molar-refractivity contribution < 1.29 is 23.9 Å². The van der Waals surface area contributed by atoms with Gasteiger partial charge in [0.25, 0.3) is 0 Å². The second kappa shape index (κ2) is 6.84. The van der Waals surface area contributed by atoms with Crippen LogP contribution in [-0.4, -0.2) is 29.9 Å². The highest BCUT2D eigenvalue weighted by Gasteiger charge is 2.63. The summed E-state index contributed by atoms with van der Waals surface area (Å²) in [6, 6.07) is 0. The predicted octanol–water partition coefficient (Wildman–Crippen LogP) is 4.07. The van der Waals surface area contributed by atoms with Gasteiger partial charge >= 0.3 is 11.9 Å². The van der Waals surface area contributed by atoms with Gasteiger partial charge in [-0.15, -0.1) is 0 Å². The van der Waals surface area contributed by atoms with Gasteiger partial charge in [0.15, 0.2) is 0 Å². The maximum absolute atomic E-state index is 13.4. The van der Waals surface area contributed by atoms with Crippen molar-refractivity contribution in [1.82, 2.24) is 0 Å².